The molecule has 1 aromatic carbocycles. The second kappa shape index (κ2) is 9.62. The zero-order valence-electron chi connectivity index (χ0n) is 16.5. The van der Waals surface area contributed by atoms with Crippen molar-refractivity contribution >= 4 is 11.7 Å². The Hall–Kier alpha value is -1.81. The first kappa shape index (κ1) is 21.2. The Morgan fingerprint density at radius 2 is 1.84 bits per heavy atom. The first-order chi connectivity index (χ1) is 11.7. The molecule has 0 saturated carbocycles. The molecule has 0 saturated heterocycles. The Labute approximate surface area is 152 Å². The predicted molar refractivity (Wildman–Crippen MR) is 103 cm³/mol. The van der Waals surface area contributed by atoms with Crippen LogP contribution in [0.3, 0.4) is 0 Å². The minimum absolute atomic E-state index is 0.0621. The van der Waals surface area contributed by atoms with Crippen molar-refractivity contribution in [1.29, 1.82) is 0 Å². The van der Waals surface area contributed by atoms with Crippen molar-refractivity contribution in [2.45, 2.75) is 78.7 Å². The van der Waals surface area contributed by atoms with Gasteiger partial charge in [0.05, 0.1) is 11.6 Å². The largest absolute Gasteiger partial charge is 0.420 e. The highest BCUT2D eigenvalue weighted by atomic mass is 16.7. The molecule has 0 spiro atoms. The highest BCUT2D eigenvalue weighted by molar-refractivity contribution is 5.69. The Balaban J connectivity index is 2.73. The van der Waals surface area contributed by atoms with Gasteiger partial charge in [-0.25, -0.2) is 4.79 Å². The Morgan fingerprint density at radius 1 is 1.24 bits per heavy atom. The fourth-order valence-electron chi connectivity index (χ4n) is 2.39. The third-order valence-corrected chi connectivity index (χ3v) is 4.24. The first-order valence-electron chi connectivity index (χ1n) is 9.10. The quantitative estimate of drug-likeness (QED) is 0.590. The predicted octanol–water partition coefficient (Wildman–Crippen LogP) is 5.62. The van der Waals surface area contributed by atoms with E-state index in [1.807, 2.05) is 65.8 Å². The summed E-state index contributed by atoms with van der Waals surface area (Å²) in [4.78, 5) is 12.3. The number of carbonyl (C=O) groups excluding carboxylic acids is 1. The van der Waals surface area contributed by atoms with E-state index in [4.69, 9.17) is 9.47 Å². The maximum atomic E-state index is 12.3. The third-order valence-electron chi connectivity index (χ3n) is 4.24. The number of ether oxygens (including phenoxy) is 2. The second-order valence-electron chi connectivity index (χ2n) is 7.09. The van der Waals surface area contributed by atoms with Gasteiger partial charge in [0.1, 0.15) is 0 Å². The number of carbonyl (C=O) groups is 1. The number of hydrogen-bond donors (Lipinski definition) is 1. The van der Waals surface area contributed by atoms with E-state index in [1.54, 1.807) is 0 Å². The number of rotatable bonds is 9. The third kappa shape index (κ3) is 6.91. The summed E-state index contributed by atoms with van der Waals surface area (Å²) >= 11 is 0. The van der Waals surface area contributed by atoms with Crippen LogP contribution in [-0.2, 0) is 15.0 Å². The van der Waals surface area contributed by atoms with Gasteiger partial charge in [0.25, 0.3) is 0 Å². The zero-order valence-corrected chi connectivity index (χ0v) is 16.5. The molecule has 4 heteroatoms. The van der Waals surface area contributed by atoms with E-state index in [2.05, 4.69) is 11.9 Å². The van der Waals surface area contributed by atoms with Crippen molar-refractivity contribution in [3.63, 3.8) is 0 Å². The number of hydrogen-bond acceptors (Lipinski definition) is 3. The number of allylic oxidation sites excluding steroid dienone is 1. The molecular formula is C21H33NO3. The molecule has 0 aliphatic heterocycles. The van der Waals surface area contributed by atoms with E-state index in [9.17, 15) is 4.79 Å². The summed E-state index contributed by atoms with van der Waals surface area (Å²) in [6.45, 7) is 15.9. The van der Waals surface area contributed by atoms with Crippen LogP contribution in [0.4, 0.5) is 4.79 Å². The Kier molecular flexibility index (Phi) is 8.17. The molecule has 4 nitrogen and oxygen atoms in total. The van der Waals surface area contributed by atoms with Gasteiger partial charge in [0, 0.05) is 6.42 Å². The van der Waals surface area contributed by atoms with Gasteiger partial charge in [-0.2, -0.15) is 0 Å². The normalized spacial score (nSPS) is 13.8. The molecule has 1 aromatic rings. The lowest BCUT2D eigenvalue weighted by molar-refractivity contribution is -0.137. The maximum Gasteiger partial charge on any atom is 0.410 e. The van der Waals surface area contributed by atoms with Gasteiger partial charge in [0.2, 0.25) is 6.29 Å². The minimum atomic E-state index is -0.544. The van der Waals surface area contributed by atoms with Crippen LogP contribution in [0.25, 0.3) is 5.57 Å². The van der Waals surface area contributed by atoms with Crippen LogP contribution in [0.15, 0.2) is 30.8 Å². The molecule has 0 bridgehead atoms. The molecule has 140 valence electrons. The van der Waals surface area contributed by atoms with Crippen molar-refractivity contribution in [3.05, 3.63) is 42.0 Å². The molecule has 1 N–H and O–H groups in total. The van der Waals surface area contributed by atoms with Gasteiger partial charge in [-0.05, 0) is 45.2 Å². The van der Waals surface area contributed by atoms with Crippen LogP contribution in [-0.4, -0.2) is 18.5 Å². The van der Waals surface area contributed by atoms with Crippen LogP contribution in [0.5, 0.6) is 0 Å². The fourth-order valence-corrected chi connectivity index (χ4v) is 2.39. The summed E-state index contributed by atoms with van der Waals surface area (Å²) in [7, 11) is 0. The average molecular weight is 347 g/mol. The second-order valence-corrected chi connectivity index (χ2v) is 7.09. The Bertz CT molecular complexity index is 563. The van der Waals surface area contributed by atoms with Crippen LogP contribution < -0.4 is 5.32 Å². The summed E-state index contributed by atoms with van der Waals surface area (Å²) < 4.78 is 11.3. The summed E-state index contributed by atoms with van der Waals surface area (Å²) in [6.07, 6.45) is 1.54. The number of nitrogens with one attached hydrogen (secondary N) is 1. The van der Waals surface area contributed by atoms with E-state index in [0.717, 1.165) is 29.5 Å². The molecule has 0 heterocycles. The van der Waals surface area contributed by atoms with E-state index in [1.165, 1.54) is 0 Å². The average Bonchev–Trinajstić information content (AvgIpc) is 2.54. The SMILES string of the molecule is C=C(C)c1ccc(C(C)(C)NC(=O)OC(CCC)OC(C)CC)cc1. The van der Waals surface area contributed by atoms with Gasteiger partial charge in [-0.15, -0.1) is 0 Å². The Morgan fingerprint density at radius 3 is 2.32 bits per heavy atom. The number of amides is 1. The van der Waals surface area contributed by atoms with Gasteiger partial charge in [0.15, 0.2) is 0 Å². The molecule has 25 heavy (non-hydrogen) atoms. The molecule has 0 fully saturated rings. The smallest absolute Gasteiger partial charge is 0.410 e. The van der Waals surface area contributed by atoms with Crippen LogP contribution in [0.1, 0.15) is 71.9 Å². The van der Waals surface area contributed by atoms with E-state index in [-0.39, 0.29) is 6.10 Å². The van der Waals surface area contributed by atoms with Gasteiger partial charge in [-0.1, -0.05) is 56.7 Å². The number of alkyl carbamates (subject to hydrolysis) is 1. The molecule has 1 rings (SSSR count). The first-order valence-corrected chi connectivity index (χ1v) is 9.10. The lowest BCUT2D eigenvalue weighted by Gasteiger charge is -2.28. The number of benzene rings is 1. The van der Waals surface area contributed by atoms with E-state index < -0.39 is 17.9 Å². The lowest BCUT2D eigenvalue weighted by atomic mass is 9.93. The van der Waals surface area contributed by atoms with Crippen LogP contribution >= 0.6 is 0 Å². The highest BCUT2D eigenvalue weighted by Gasteiger charge is 2.25. The van der Waals surface area contributed by atoms with Crippen molar-refractivity contribution in [3.8, 4) is 0 Å². The van der Waals surface area contributed by atoms with Crippen molar-refractivity contribution in [1.82, 2.24) is 5.32 Å². The molecule has 0 aliphatic carbocycles. The highest BCUT2D eigenvalue weighted by Crippen LogP contribution is 2.23. The van der Waals surface area contributed by atoms with Crippen molar-refractivity contribution in [2.75, 3.05) is 0 Å². The molecule has 2 atom stereocenters. The summed E-state index contributed by atoms with van der Waals surface area (Å²) in [5.74, 6) is 0. The standard InChI is InChI=1S/C21H33NO3/c1-8-10-19(24-16(5)9-2)25-20(23)22-21(6,7)18-13-11-17(12-14-18)15(3)4/h11-14,16,19H,3,8-10H2,1-2,4-7H3,(H,22,23). The maximum absolute atomic E-state index is 12.3. The molecule has 1 amide bonds. The van der Waals surface area contributed by atoms with Gasteiger partial charge < -0.3 is 14.8 Å². The summed E-state index contributed by atoms with van der Waals surface area (Å²) in [5, 5.41) is 2.94. The van der Waals surface area contributed by atoms with Crippen LogP contribution in [0.2, 0.25) is 0 Å². The summed E-state index contributed by atoms with van der Waals surface area (Å²) in [5.41, 5.74) is 2.57. The van der Waals surface area contributed by atoms with Crippen molar-refractivity contribution < 1.29 is 14.3 Å². The minimum Gasteiger partial charge on any atom is -0.420 e. The molecule has 0 aliphatic rings. The summed E-state index contributed by atoms with van der Waals surface area (Å²) in [6, 6.07) is 8.03. The van der Waals surface area contributed by atoms with E-state index >= 15 is 0 Å². The molecule has 2 unspecified atom stereocenters. The monoisotopic (exact) mass is 347 g/mol. The van der Waals surface area contributed by atoms with Crippen molar-refractivity contribution in [2.24, 2.45) is 0 Å². The van der Waals surface area contributed by atoms with Gasteiger partial charge >= 0.3 is 6.09 Å². The molecule has 0 aromatic heterocycles. The molecule has 0 radical (unpaired) electrons. The van der Waals surface area contributed by atoms with Crippen LogP contribution in [0, 0.1) is 0 Å². The zero-order chi connectivity index (χ0) is 19.0. The molecular weight excluding hydrogens is 314 g/mol. The van der Waals surface area contributed by atoms with Gasteiger partial charge in [-0.3, -0.25) is 0 Å². The fraction of sp³-hybridized carbons (Fsp3) is 0.571. The van der Waals surface area contributed by atoms with E-state index in [0.29, 0.717) is 6.42 Å². The topological polar surface area (TPSA) is 47.6 Å². The lowest BCUT2D eigenvalue weighted by Crippen LogP contribution is -2.43.